The molecule has 1 fully saturated rings. The van der Waals surface area contributed by atoms with Crippen molar-refractivity contribution in [3.8, 4) is 5.75 Å². The molecule has 0 saturated heterocycles. The number of halogens is 1. The molecule has 2 rings (SSSR count). The summed E-state index contributed by atoms with van der Waals surface area (Å²) in [5.74, 6) is 0.219. The largest absolute Gasteiger partial charge is 0.707 e. The topological polar surface area (TPSA) is 88.0 Å². The zero-order valence-electron chi connectivity index (χ0n) is 12.7. The van der Waals surface area contributed by atoms with E-state index in [1.54, 1.807) is 32.9 Å². The van der Waals surface area contributed by atoms with E-state index in [4.69, 9.17) is 31.0 Å². The van der Waals surface area contributed by atoms with Crippen molar-refractivity contribution in [3.63, 3.8) is 0 Å². The molecule has 1 amide bonds. The molecule has 0 heterocycles. The third-order valence-corrected chi connectivity index (χ3v) is 3.42. The summed E-state index contributed by atoms with van der Waals surface area (Å²) in [6, 6.07) is 4.84. The lowest BCUT2D eigenvalue weighted by molar-refractivity contribution is 0.0495. The third kappa shape index (κ3) is 4.28. The zero-order valence-corrected chi connectivity index (χ0v) is 13.5. The average molecular weight is 328 g/mol. The fourth-order valence-corrected chi connectivity index (χ4v) is 2.35. The van der Waals surface area contributed by atoms with E-state index >= 15 is 0 Å². The number of carbonyl (C=O) groups excluding carboxylic acids is 1. The molecule has 1 aliphatic carbocycles. The fourth-order valence-electron chi connectivity index (χ4n) is 2.19. The van der Waals surface area contributed by atoms with Gasteiger partial charge >= 0.3 is 13.4 Å². The Labute approximate surface area is 134 Å². The van der Waals surface area contributed by atoms with E-state index in [-0.39, 0.29) is 5.75 Å². The maximum Gasteiger partial charge on any atom is 0.707 e. The van der Waals surface area contributed by atoms with Crippen LogP contribution >= 0.6 is 11.6 Å². The van der Waals surface area contributed by atoms with Crippen molar-refractivity contribution in [2.24, 2.45) is 0 Å². The van der Waals surface area contributed by atoms with Gasteiger partial charge in [-0.3, -0.25) is 0 Å². The number of ether oxygens (including phenoxy) is 1. The molecular formula is C14H19BClNO5. The average Bonchev–Trinajstić information content (AvgIpc) is 3.05. The molecule has 0 aliphatic heterocycles. The van der Waals surface area contributed by atoms with Gasteiger partial charge < -0.3 is 24.8 Å². The molecule has 3 N–H and O–H groups in total. The van der Waals surface area contributed by atoms with Crippen LogP contribution in [-0.4, -0.2) is 29.1 Å². The van der Waals surface area contributed by atoms with Gasteiger partial charge in [0.2, 0.25) is 0 Å². The molecule has 120 valence electrons. The van der Waals surface area contributed by atoms with Gasteiger partial charge in [0.25, 0.3) is 0 Å². The quantitative estimate of drug-likeness (QED) is 0.738. The van der Waals surface area contributed by atoms with Crippen LogP contribution in [0.15, 0.2) is 18.2 Å². The molecule has 1 saturated carbocycles. The molecule has 8 heteroatoms. The van der Waals surface area contributed by atoms with Gasteiger partial charge in [-0.15, -0.1) is 0 Å². The number of rotatable bonds is 4. The van der Waals surface area contributed by atoms with Crippen molar-refractivity contribution < 1.29 is 24.2 Å². The van der Waals surface area contributed by atoms with Crippen LogP contribution in [0.4, 0.5) is 4.79 Å². The van der Waals surface area contributed by atoms with E-state index in [2.05, 4.69) is 5.32 Å². The summed E-state index contributed by atoms with van der Waals surface area (Å²) in [5, 5.41) is 21.3. The SMILES string of the molecule is CC(C)(C)OC(=O)NC1(c2ccc(Cl)cc2OB(O)O)CC1. The van der Waals surface area contributed by atoms with E-state index in [1.807, 2.05) is 0 Å². The summed E-state index contributed by atoms with van der Waals surface area (Å²) < 4.78 is 10.2. The van der Waals surface area contributed by atoms with Crippen LogP contribution in [0.3, 0.4) is 0 Å². The molecule has 0 atom stereocenters. The van der Waals surface area contributed by atoms with Gasteiger partial charge in [-0.25, -0.2) is 4.79 Å². The molecule has 0 spiro atoms. The summed E-state index contributed by atoms with van der Waals surface area (Å²) >= 11 is 5.91. The van der Waals surface area contributed by atoms with Crippen molar-refractivity contribution in [2.75, 3.05) is 0 Å². The first kappa shape index (κ1) is 16.9. The Kier molecular flexibility index (Phi) is 4.61. The highest BCUT2D eigenvalue weighted by molar-refractivity contribution is 6.34. The number of hydrogen-bond acceptors (Lipinski definition) is 5. The van der Waals surface area contributed by atoms with Crippen LogP contribution in [0.1, 0.15) is 39.2 Å². The number of nitrogens with one attached hydrogen (secondary N) is 1. The van der Waals surface area contributed by atoms with Crippen LogP contribution in [0, 0.1) is 0 Å². The van der Waals surface area contributed by atoms with Gasteiger partial charge in [0.05, 0.1) is 5.54 Å². The molecule has 0 aromatic heterocycles. The second-order valence-corrected chi connectivity index (χ2v) is 6.73. The second kappa shape index (κ2) is 5.99. The predicted octanol–water partition coefficient (Wildman–Crippen LogP) is 2.20. The molecule has 6 nitrogen and oxygen atoms in total. The lowest BCUT2D eigenvalue weighted by Gasteiger charge is -2.25. The Bertz CT molecular complexity index is 569. The van der Waals surface area contributed by atoms with Crippen molar-refractivity contribution in [3.05, 3.63) is 28.8 Å². The normalized spacial score (nSPS) is 15.9. The fraction of sp³-hybridized carbons (Fsp3) is 0.500. The second-order valence-electron chi connectivity index (χ2n) is 6.29. The monoisotopic (exact) mass is 327 g/mol. The smallest absolute Gasteiger partial charge is 0.512 e. The van der Waals surface area contributed by atoms with Crippen LogP contribution < -0.4 is 9.97 Å². The van der Waals surface area contributed by atoms with E-state index in [0.717, 1.165) is 0 Å². The molecule has 1 aromatic rings. The summed E-state index contributed by atoms with van der Waals surface area (Å²) in [5.41, 5.74) is -0.589. The maximum atomic E-state index is 12.0. The molecule has 1 aliphatic rings. The molecule has 0 bridgehead atoms. The highest BCUT2D eigenvalue weighted by atomic mass is 35.5. The highest BCUT2D eigenvalue weighted by Crippen LogP contribution is 2.49. The predicted molar refractivity (Wildman–Crippen MR) is 82.6 cm³/mol. The Morgan fingerprint density at radius 3 is 2.50 bits per heavy atom. The van der Waals surface area contributed by atoms with Crippen molar-refractivity contribution in [1.82, 2.24) is 5.32 Å². The van der Waals surface area contributed by atoms with Crippen molar-refractivity contribution in [2.45, 2.75) is 44.8 Å². The van der Waals surface area contributed by atoms with E-state index in [9.17, 15) is 4.79 Å². The lowest BCUT2D eigenvalue weighted by atomic mass is 10.0. The van der Waals surface area contributed by atoms with Crippen LogP contribution in [0.25, 0.3) is 0 Å². The van der Waals surface area contributed by atoms with Gasteiger partial charge in [-0.05, 0) is 45.7 Å². The van der Waals surface area contributed by atoms with Gasteiger partial charge in [0.1, 0.15) is 11.4 Å². The standard InChI is InChI=1S/C14H19BClNO5/c1-13(2,3)21-12(18)17-14(6-7-14)10-5-4-9(16)8-11(10)22-15(19)20/h4-5,8,19-20H,6-7H2,1-3H3,(H,17,18). The van der Waals surface area contributed by atoms with Gasteiger partial charge in [-0.2, -0.15) is 0 Å². The van der Waals surface area contributed by atoms with E-state index < -0.39 is 24.6 Å². The van der Waals surface area contributed by atoms with E-state index in [1.165, 1.54) is 6.07 Å². The summed E-state index contributed by atoms with van der Waals surface area (Å²) in [6.07, 6.45) is 0.868. The van der Waals surface area contributed by atoms with Gasteiger partial charge in [0.15, 0.2) is 0 Å². The summed E-state index contributed by atoms with van der Waals surface area (Å²) in [4.78, 5) is 12.0. The van der Waals surface area contributed by atoms with Gasteiger partial charge in [0, 0.05) is 10.6 Å². The number of benzene rings is 1. The Hall–Kier alpha value is -1.44. The van der Waals surface area contributed by atoms with Gasteiger partial charge in [-0.1, -0.05) is 17.7 Å². The number of hydrogen-bond donors (Lipinski definition) is 3. The zero-order chi connectivity index (χ0) is 16.5. The van der Waals surface area contributed by atoms with E-state index in [0.29, 0.717) is 23.4 Å². The summed E-state index contributed by atoms with van der Waals surface area (Å²) in [6.45, 7) is 5.35. The first-order valence-electron chi connectivity index (χ1n) is 6.95. The van der Waals surface area contributed by atoms with Crippen molar-refractivity contribution in [1.29, 1.82) is 0 Å². The minimum absolute atomic E-state index is 0.219. The molecule has 1 aromatic carbocycles. The Morgan fingerprint density at radius 1 is 1.36 bits per heavy atom. The number of alkyl carbamates (subject to hydrolysis) is 1. The summed E-state index contributed by atoms with van der Waals surface area (Å²) in [7, 11) is -1.96. The number of carbonyl (C=O) groups is 1. The minimum Gasteiger partial charge on any atom is -0.512 e. The highest BCUT2D eigenvalue weighted by Gasteiger charge is 2.48. The first-order chi connectivity index (χ1) is 10.1. The first-order valence-corrected chi connectivity index (χ1v) is 7.33. The minimum atomic E-state index is -1.96. The molecular weight excluding hydrogens is 308 g/mol. The van der Waals surface area contributed by atoms with Crippen molar-refractivity contribution >= 4 is 25.0 Å². The number of amides is 1. The maximum absolute atomic E-state index is 12.0. The Balaban J connectivity index is 2.21. The van der Waals surface area contributed by atoms with Crippen LogP contribution in [-0.2, 0) is 10.3 Å². The Morgan fingerprint density at radius 2 is 2.00 bits per heavy atom. The molecule has 0 unspecified atom stereocenters. The molecule has 22 heavy (non-hydrogen) atoms. The molecule has 0 radical (unpaired) electrons. The van der Waals surface area contributed by atoms with Crippen LogP contribution in [0.2, 0.25) is 5.02 Å². The van der Waals surface area contributed by atoms with Crippen LogP contribution in [0.5, 0.6) is 5.75 Å². The lowest BCUT2D eigenvalue weighted by Crippen LogP contribution is -2.39. The third-order valence-electron chi connectivity index (χ3n) is 3.18.